The Morgan fingerprint density at radius 1 is 1.47 bits per heavy atom. The van der Waals surface area contributed by atoms with Gasteiger partial charge < -0.3 is 4.74 Å². The second kappa shape index (κ2) is 3.69. The van der Waals surface area contributed by atoms with Crippen molar-refractivity contribution in [2.45, 2.75) is 13.3 Å². The lowest BCUT2D eigenvalue weighted by molar-refractivity contribution is 0.112. The maximum atomic E-state index is 10.9. The number of fused-ring (bicyclic) bond motifs is 1. The summed E-state index contributed by atoms with van der Waals surface area (Å²) in [5, 5.41) is 4.25. The number of carbonyl (C=O) groups excluding carboxylic acids is 1. The molecule has 0 aliphatic carbocycles. The Morgan fingerprint density at radius 2 is 2.35 bits per heavy atom. The van der Waals surface area contributed by atoms with Crippen molar-refractivity contribution in [2.24, 2.45) is 0 Å². The van der Waals surface area contributed by atoms with Gasteiger partial charge in [-0.3, -0.25) is 4.79 Å². The normalized spacial score (nSPS) is 13.2. The number of aromatic nitrogens is 3. The third-order valence-electron chi connectivity index (χ3n) is 2.85. The number of carbonyl (C=O) groups is 1. The van der Waals surface area contributed by atoms with E-state index in [9.17, 15) is 4.79 Å². The number of rotatable bonds is 2. The van der Waals surface area contributed by atoms with Gasteiger partial charge in [-0.15, -0.1) is 0 Å². The van der Waals surface area contributed by atoms with Crippen molar-refractivity contribution < 1.29 is 9.53 Å². The second-order valence-corrected chi connectivity index (χ2v) is 3.93. The van der Waals surface area contributed by atoms with Gasteiger partial charge in [-0.1, -0.05) is 0 Å². The molecule has 0 unspecified atom stereocenters. The predicted molar refractivity (Wildman–Crippen MR) is 60.7 cm³/mol. The molecule has 0 saturated heterocycles. The van der Waals surface area contributed by atoms with Crippen LogP contribution in [-0.4, -0.2) is 27.7 Å². The van der Waals surface area contributed by atoms with Crippen LogP contribution in [0.25, 0.3) is 5.69 Å². The largest absolute Gasteiger partial charge is 0.491 e. The second-order valence-electron chi connectivity index (χ2n) is 3.93. The smallest absolute Gasteiger partial charge is 0.150 e. The lowest BCUT2D eigenvalue weighted by Crippen LogP contribution is -2.00. The summed E-state index contributed by atoms with van der Waals surface area (Å²) in [6, 6.07) is 3.63. The van der Waals surface area contributed by atoms with Gasteiger partial charge in [0.05, 0.1) is 6.61 Å². The Morgan fingerprint density at radius 3 is 3.06 bits per heavy atom. The van der Waals surface area contributed by atoms with E-state index in [1.165, 1.54) is 0 Å². The van der Waals surface area contributed by atoms with Crippen molar-refractivity contribution in [3.63, 3.8) is 0 Å². The van der Waals surface area contributed by atoms with Crippen LogP contribution in [-0.2, 0) is 6.42 Å². The lowest BCUT2D eigenvalue weighted by Gasteiger charge is -2.08. The van der Waals surface area contributed by atoms with Gasteiger partial charge in [0.15, 0.2) is 0 Å². The van der Waals surface area contributed by atoms with Crippen molar-refractivity contribution >= 4 is 6.29 Å². The fourth-order valence-corrected chi connectivity index (χ4v) is 2.06. The zero-order valence-electron chi connectivity index (χ0n) is 9.38. The van der Waals surface area contributed by atoms with Crippen molar-refractivity contribution in [3.8, 4) is 11.4 Å². The number of nitrogens with zero attached hydrogens (tertiary/aromatic N) is 3. The van der Waals surface area contributed by atoms with Crippen LogP contribution in [0.2, 0.25) is 0 Å². The Balaban J connectivity index is 2.19. The van der Waals surface area contributed by atoms with Gasteiger partial charge in [-0.25, -0.2) is 9.67 Å². The van der Waals surface area contributed by atoms with Gasteiger partial charge >= 0.3 is 0 Å². The molecular formula is C12H11N3O2. The van der Waals surface area contributed by atoms with Crippen LogP contribution in [0.4, 0.5) is 0 Å². The average Bonchev–Trinajstić information content (AvgIpc) is 2.96. The molecule has 1 aromatic carbocycles. The zero-order valence-corrected chi connectivity index (χ0v) is 9.38. The highest BCUT2D eigenvalue weighted by molar-refractivity contribution is 5.80. The van der Waals surface area contributed by atoms with Crippen molar-refractivity contribution in [1.29, 1.82) is 0 Å². The summed E-state index contributed by atoms with van der Waals surface area (Å²) in [6.07, 6.45) is 3.28. The number of aryl methyl sites for hydroxylation is 1. The third-order valence-corrected chi connectivity index (χ3v) is 2.85. The first kappa shape index (κ1) is 10.0. The quantitative estimate of drug-likeness (QED) is 0.729. The minimum atomic E-state index is 0.612. The maximum Gasteiger partial charge on any atom is 0.150 e. The van der Waals surface area contributed by atoms with E-state index in [0.29, 0.717) is 18.0 Å². The molecule has 0 N–H and O–H groups in total. The number of hydrogen-bond donors (Lipinski definition) is 0. The molecule has 1 aromatic heterocycles. The summed E-state index contributed by atoms with van der Waals surface area (Å²) in [7, 11) is 0. The summed E-state index contributed by atoms with van der Waals surface area (Å²) in [5.74, 6) is 1.45. The standard InChI is InChI=1S/C12H11N3O2/c1-8-13-7-15(14-8)11-3-2-9(6-16)10-4-5-17-12(10)11/h2-3,6-7H,4-5H2,1H3. The van der Waals surface area contributed by atoms with Crippen molar-refractivity contribution in [1.82, 2.24) is 14.8 Å². The van der Waals surface area contributed by atoms with E-state index in [1.807, 2.05) is 13.0 Å². The van der Waals surface area contributed by atoms with E-state index in [1.54, 1.807) is 17.1 Å². The lowest BCUT2D eigenvalue weighted by atomic mass is 10.1. The number of aldehydes is 1. The first-order valence-corrected chi connectivity index (χ1v) is 5.42. The Hall–Kier alpha value is -2.17. The zero-order chi connectivity index (χ0) is 11.8. The van der Waals surface area contributed by atoms with Gasteiger partial charge in [0.25, 0.3) is 0 Å². The Bertz CT molecular complexity index is 589. The van der Waals surface area contributed by atoms with Gasteiger partial charge in [-0.05, 0) is 19.1 Å². The van der Waals surface area contributed by atoms with E-state index in [-0.39, 0.29) is 0 Å². The summed E-state index contributed by atoms with van der Waals surface area (Å²) in [5.41, 5.74) is 2.49. The van der Waals surface area contributed by atoms with Crippen LogP contribution in [0, 0.1) is 6.92 Å². The number of hydrogen-bond acceptors (Lipinski definition) is 4. The molecule has 0 atom stereocenters. The van der Waals surface area contributed by atoms with E-state index in [2.05, 4.69) is 10.1 Å². The highest BCUT2D eigenvalue weighted by Crippen LogP contribution is 2.33. The summed E-state index contributed by atoms with van der Waals surface area (Å²) in [4.78, 5) is 15.0. The van der Waals surface area contributed by atoms with Crippen LogP contribution in [0.3, 0.4) is 0 Å². The summed E-state index contributed by atoms with van der Waals surface area (Å²) in [6.45, 7) is 2.44. The van der Waals surface area contributed by atoms with Crippen LogP contribution in [0.5, 0.6) is 5.75 Å². The molecule has 2 heterocycles. The van der Waals surface area contributed by atoms with E-state index in [0.717, 1.165) is 29.7 Å². The molecule has 0 fully saturated rings. The molecule has 3 rings (SSSR count). The number of ether oxygens (including phenoxy) is 1. The minimum Gasteiger partial charge on any atom is -0.491 e. The molecule has 1 aliphatic rings. The summed E-state index contributed by atoms with van der Waals surface area (Å²) >= 11 is 0. The van der Waals surface area contributed by atoms with Crippen molar-refractivity contribution in [3.05, 3.63) is 35.4 Å². The van der Waals surface area contributed by atoms with E-state index in [4.69, 9.17) is 4.74 Å². The van der Waals surface area contributed by atoms with Crippen LogP contribution >= 0.6 is 0 Å². The van der Waals surface area contributed by atoms with E-state index >= 15 is 0 Å². The molecule has 5 nitrogen and oxygen atoms in total. The van der Waals surface area contributed by atoms with Crippen LogP contribution in [0.15, 0.2) is 18.5 Å². The average molecular weight is 229 g/mol. The molecule has 86 valence electrons. The molecule has 1 aliphatic heterocycles. The van der Waals surface area contributed by atoms with Crippen LogP contribution in [0.1, 0.15) is 21.7 Å². The number of benzene rings is 1. The molecular weight excluding hydrogens is 218 g/mol. The molecule has 2 aromatic rings. The molecule has 0 saturated carbocycles. The predicted octanol–water partition coefficient (Wildman–Crippen LogP) is 1.32. The minimum absolute atomic E-state index is 0.612. The molecule has 0 amide bonds. The van der Waals surface area contributed by atoms with Gasteiger partial charge in [-0.2, -0.15) is 5.10 Å². The molecule has 0 bridgehead atoms. The van der Waals surface area contributed by atoms with E-state index < -0.39 is 0 Å². The van der Waals surface area contributed by atoms with Gasteiger partial charge in [0.2, 0.25) is 0 Å². The highest BCUT2D eigenvalue weighted by atomic mass is 16.5. The Labute approximate surface area is 98.0 Å². The first-order chi connectivity index (χ1) is 8.29. The monoisotopic (exact) mass is 229 g/mol. The molecule has 0 spiro atoms. The first-order valence-electron chi connectivity index (χ1n) is 5.42. The SMILES string of the molecule is Cc1ncn(-c2ccc(C=O)c3c2OCC3)n1. The maximum absolute atomic E-state index is 10.9. The van der Waals surface area contributed by atoms with Gasteiger partial charge in [0, 0.05) is 17.5 Å². The molecule has 0 radical (unpaired) electrons. The summed E-state index contributed by atoms with van der Waals surface area (Å²) < 4.78 is 7.26. The highest BCUT2D eigenvalue weighted by Gasteiger charge is 2.21. The topological polar surface area (TPSA) is 57.0 Å². The fraction of sp³-hybridized carbons (Fsp3) is 0.250. The fourth-order valence-electron chi connectivity index (χ4n) is 2.06. The molecule has 5 heteroatoms. The Kier molecular flexibility index (Phi) is 2.18. The third kappa shape index (κ3) is 1.51. The molecule has 17 heavy (non-hydrogen) atoms. The van der Waals surface area contributed by atoms with Crippen LogP contribution < -0.4 is 4.74 Å². The van der Waals surface area contributed by atoms with Crippen molar-refractivity contribution in [2.75, 3.05) is 6.61 Å². The van der Waals surface area contributed by atoms with Gasteiger partial charge in [0.1, 0.15) is 29.9 Å².